The number of anilines is 1. The summed E-state index contributed by atoms with van der Waals surface area (Å²) in [5.74, 6) is -0.709. The molecule has 0 spiro atoms. The number of hydrogen-bond donors (Lipinski definition) is 1. The normalized spacial score (nSPS) is 21.0. The van der Waals surface area contributed by atoms with Crippen LogP contribution in [0, 0.1) is 5.82 Å². The number of benzene rings is 1. The molecule has 5 nitrogen and oxygen atoms in total. The maximum absolute atomic E-state index is 13.5. The summed E-state index contributed by atoms with van der Waals surface area (Å²) in [6.07, 6.45) is 0. The zero-order valence-corrected chi connectivity index (χ0v) is 12.7. The van der Waals surface area contributed by atoms with Crippen molar-refractivity contribution in [2.45, 2.75) is 24.3 Å². The van der Waals surface area contributed by atoms with Crippen molar-refractivity contribution in [2.24, 2.45) is 0 Å². The molecule has 0 bridgehead atoms. The highest BCUT2D eigenvalue weighted by atomic mass is 32.2. The molecule has 7 heteroatoms. The smallest absolute Gasteiger partial charge is 0.243 e. The van der Waals surface area contributed by atoms with Gasteiger partial charge in [0.1, 0.15) is 5.82 Å². The van der Waals surface area contributed by atoms with E-state index in [-0.39, 0.29) is 16.1 Å². The zero-order chi connectivity index (χ0) is 15.1. The number of halogens is 1. The van der Waals surface area contributed by atoms with Gasteiger partial charge in [0.2, 0.25) is 10.0 Å². The van der Waals surface area contributed by atoms with Gasteiger partial charge in [-0.1, -0.05) is 0 Å². The summed E-state index contributed by atoms with van der Waals surface area (Å²) < 4.78 is 40.0. The van der Waals surface area contributed by atoms with Gasteiger partial charge in [-0.3, -0.25) is 4.90 Å². The van der Waals surface area contributed by atoms with Crippen molar-refractivity contribution < 1.29 is 12.8 Å². The van der Waals surface area contributed by atoms with Gasteiger partial charge in [0.25, 0.3) is 0 Å². The van der Waals surface area contributed by atoms with Crippen LogP contribution in [-0.4, -0.2) is 49.8 Å². The van der Waals surface area contributed by atoms with Crippen LogP contribution in [-0.2, 0) is 10.0 Å². The molecule has 0 amide bonds. The lowest BCUT2D eigenvalue weighted by Gasteiger charge is -2.44. The van der Waals surface area contributed by atoms with E-state index < -0.39 is 15.8 Å². The van der Waals surface area contributed by atoms with Crippen molar-refractivity contribution in [3.63, 3.8) is 0 Å². The molecule has 2 rings (SSSR count). The van der Waals surface area contributed by atoms with Crippen LogP contribution in [0.4, 0.5) is 10.1 Å². The largest absolute Gasteiger partial charge is 0.396 e. The molecule has 1 heterocycles. The fourth-order valence-corrected chi connectivity index (χ4v) is 3.82. The minimum Gasteiger partial charge on any atom is -0.396 e. The van der Waals surface area contributed by atoms with Crippen LogP contribution in [0.15, 0.2) is 23.1 Å². The summed E-state index contributed by atoms with van der Waals surface area (Å²) >= 11 is 0. The first-order chi connectivity index (χ1) is 9.14. The quantitative estimate of drug-likeness (QED) is 0.831. The number of piperazine rings is 1. The lowest BCUT2D eigenvalue weighted by molar-refractivity contribution is 0.0801. The summed E-state index contributed by atoms with van der Waals surface area (Å²) in [5, 5.41) is 0. The van der Waals surface area contributed by atoms with Crippen LogP contribution < -0.4 is 5.73 Å². The molecule has 2 N–H and O–H groups in total. The number of sulfonamides is 1. The average Bonchev–Trinajstić information content (AvgIpc) is 2.35. The Morgan fingerprint density at radius 3 is 2.50 bits per heavy atom. The number of nitrogen functional groups attached to an aromatic ring is 1. The van der Waals surface area contributed by atoms with Crippen molar-refractivity contribution in [1.29, 1.82) is 0 Å². The highest BCUT2D eigenvalue weighted by Gasteiger charge is 2.37. The molecule has 1 aromatic carbocycles. The molecule has 1 aliphatic rings. The Labute approximate surface area is 119 Å². The average molecular weight is 301 g/mol. The summed E-state index contributed by atoms with van der Waals surface area (Å²) in [5.41, 5.74) is 5.08. The fraction of sp³-hybridized carbons (Fsp3) is 0.538. The maximum atomic E-state index is 13.5. The fourth-order valence-electron chi connectivity index (χ4n) is 2.22. The second-order valence-electron chi connectivity index (χ2n) is 5.76. The Morgan fingerprint density at radius 1 is 1.30 bits per heavy atom. The molecule has 0 aliphatic carbocycles. The second kappa shape index (κ2) is 4.98. The van der Waals surface area contributed by atoms with E-state index in [4.69, 9.17) is 5.73 Å². The van der Waals surface area contributed by atoms with Gasteiger partial charge in [0, 0.05) is 25.2 Å². The molecule has 1 fully saturated rings. The summed E-state index contributed by atoms with van der Waals surface area (Å²) in [6.45, 7) is 5.38. The van der Waals surface area contributed by atoms with Crippen LogP contribution in [0.1, 0.15) is 13.8 Å². The highest BCUT2D eigenvalue weighted by Crippen LogP contribution is 2.26. The zero-order valence-electron chi connectivity index (χ0n) is 11.9. The Bertz CT molecular complexity index is 616. The number of nitrogens with two attached hydrogens (primary N) is 1. The van der Waals surface area contributed by atoms with Crippen LogP contribution in [0.5, 0.6) is 0 Å². The predicted molar refractivity (Wildman–Crippen MR) is 76.3 cm³/mol. The minimum absolute atomic E-state index is 0.0513. The van der Waals surface area contributed by atoms with Crippen molar-refractivity contribution in [3.8, 4) is 0 Å². The molecule has 0 aromatic heterocycles. The third kappa shape index (κ3) is 2.65. The van der Waals surface area contributed by atoms with Gasteiger partial charge in [0.15, 0.2) is 0 Å². The Kier molecular flexibility index (Phi) is 3.79. The maximum Gasteiger partial charge on any atom is 0.243 e. The molecule has 1 aliphatic heterocycles. The molecule has 1 saturated heterocycles. The molecular weight excluding hydrogens is 281 g/mol. The number of nitrogens with zero attached hydrogens (tertiary/aromatic N) is 2. The first-order valence-corrected chi connectivity index (χ1v) is 7.85. The third-order valence-electron chi connectivity index (χ3n) is 3.89. The van der Waals surface area contributed by atoms with Gasteiger partial charge < -0.3 is 5.73 Å². The summed E-state index contributed by atoms with van der Waals surface area (Å²) in [4.78, 5) is 2.06. The Morgan fingerprint density at radius 2 is 1.95 bits per heavy atom. The molecule has 0 saturated carbocycles. The van der Waals surface area contributed by atoms with Crippen LogP contribution in [0.25, 0.3) is 0 Å². The van der Waals surface area contributed by atoms with Crippen molar-refractivity contribution in [1.82, 2.24) is 9.21 Å². The van der Waals surface area contributed by atoms with Gasteiger partial charge in [-0.25, -0.2) is 12.8 Å². The standard InChI is InChI=1S/C13H20FN3O2S/c1-13(2)9-17(7-6-16(13)3)20(18,19)10-4-5-12(15)11(14)8-10/h4-5,8H,6-7,9,15H2,1-3H3. The molecule has 1 aromatic rings. The van der Waals surface area contributed by atoms with E-state index in [1.165, 1.54) is 16.4 Å². The van der Waals surface area contributed by atoms with E-state index in [2.05, 4.69) is 4.90 Å². The van der Waals surface area contributed by atoms with Gasteiger partial charge in [-0.2, -0.15) is 4.31 Å². The Hall–Kier alpha value is -1.18. The molecule has 0 radical (unpaired) electrons. The second-order valence-corrected chi connectivity index (χ2v) is 7.69. The lowest BCUT2D eigenvalue weighted by atomic mass is 10.0. The minimum atomic E-state index is -3.68. The van der Waals surface area contributed by atoms with Gasteiger partial charge in [0.05, 0.1) is 10.6 Å². The molecule has 0 unspecified atom stereocenters. The number of likely N-dealkylation sites (N-methyl/N-ethyl adjacent to an activating group) is 1. The molecule has 20 heavy (non-hydrogen) atoms. The number of rotatable bonds is 2. The van der Waals surface area contributed by atoms with Crippen LogP contribution in [0.2, 0.25) is 0 Å². The van der Waals surface area contributed by atoms with Gasteiger partial charge in [-0.05, 0) is 39.1 Å². The first kappa shape index (κ1) is 15.2. The highest BCUT2D eigenvalue weighted by molar-refractivity contribution is 7.89. The number of hydrogen-bond acceptors (Lipinski definition) is 4. The summed E-state index contributed by atoms with van der Waals surface area (Å²) in [6, 6.07) is 3.61. The van der Waals surface area contributed by atoms with E-state index in [9.17, 15) is 12.8 Å². The van der Waals surface area contributed by atoms with E-state index in [0.717, 1.165) is 6.07 Å². The van der Waals surface area contributed by atoms with Gasteiger partial charge >= 0.3 is 0 Å². The topological polar surface area (TPSA) is 66.6 Å². The SMILES string of the molecule is CN1CCN(S(=O)(=O)c2ccc(N)c(F)c2)CC1(C)C. The van der Waals surface area contributed by atoms with Crippen LogP contribution >= 0.6 is 0 Å². The van der Waals surface area contributed by atoms with Crippen molar-refractivity contribution in [3.05, 3.63) is 24.0 Å². The van der Waals surface area contributed by atoms with Crippen LogP contribution in [0.3, 0.4) is 0 Å². The van der Waals surface area contributed by atoms with E-state index in [0.29, 0.717) is 19.6 Å². The van der Waals surface area contributed by atoms with E-state index >= 15 is 0 Å². The van der Waals surface area contributed by atoms with Gasteiger partial charge in [-0.15, -0.1) is 0 Å². The van der Waals surface area contributed by atoms with E-state index in [1.54, 1.807) is 0 Å². The lowest BCUT2D eigenvalue weighted by Crippen LogP contribution is -2.58. The van der Waals surface area contributed by atoms with Crippen molar-refractivity contribution in [2.75, 3.05) is 32.4 Å². The van der Waals surface area contributed by atoms with E-state index in [1.807, 2.05) is 20.9 Å². The third-order valence-corrected chi connectivity index (χ3v) is 5.73. The monoisotopic (exact) mass is 301 g/mol. The first-order valence-electron chi connectivity index (χ1n) is 6.41. The summed E-state index contributed by atoms with van der Waals surface area (Å²) in [7, 11) is -1.72. The molecule has 112 valence electrons. The van der Waals surface area contributed by atoms with Crippen molar-refractivity contribution >= 4 is 15.7 Å². The predicted octanol–water partition coefficient (Wildman–Crippen LogP) is 1.12. The molecular formula is C13H20FN3O2S. The molecule has 0 atom stereocenters. The Balaban J connectivity index is 2.33.